The van der Waals surface area contributed by atoms with E-state index in [-0.39, 0.29) is 17.5 Å². The van der Waals surface area contributed by atoms with Crippen LogP contribution in [0.3, 0.4) is 0 Å². The highest BCUT2D eigenvalue weighted by atomic mass is 19.4. The van der Waals surface area contributed by atoms with Crippen LogP contribution in [0.2, 0.25) is 0 Å². The maximum Gasteiger partial charge on any atom is 0.416 e. The summed E-state index contributed by atoms with van der Waals surface area (Å²) in [7, 11) is 0. The van der Waals surface area contributed by atoms with Gasteiger partial charge < -0.3 is 15.5 Å². The van der Waals surface area contributed by atoms with Gasteiger partial charge in [0.25, 0.3) is 0 Å². The number of halogens is 3. The molecule has 1 fully saturated rings. The molecule has 186 valence electrons. The molecule has 35 heavy (non-hydrogen) atoms. The second kappa shape index (κ2) is 9.31. The second-order valence-corrected chi connectivity index (χ2v) is 9.10. The van der Waals surface area contributed by atoms with Crippen molar-refractivity contribution in [2.24, 2.45) is 0 Å². The Bertz CT molecular complexity index is 1280. The van der Waals surface area contributed by atoms with Crippen LogP contribution in [0.25, 0.3) is 10.9 Å². The Morgan fingerprint density at radius 2 is 1.91 bits per heavy atom. The summed E-state index contributed by atoms with van der Waals surface area (Å²) >= 11 is 0. The van der Waals surface area contributed by atoms with Crippen molar-refractivity contribution in [2.75, 3.05) is 23.3 Å². The zero-order chi connectivity index (χ0) is 25.5. The third-order valence-corrected chi connectivity index (χ3v) is 6.38. The molecule has 3 heterocycles. The number of hydrogen-bond acceptors (Lipinski definition) is 6. The van der Waals surface area contributed by atoms with Gasteiger partial charge in [-0.05, 0) is 57.4 Å². The van der Waals surface area contributed by atoms with Gasteiger partial charge in [0.2, 0.25) is 5.91 Å². The molecule has 0 saturated carbocycles. The van der Waals surface area contributed by atoms with E-state index in [1.165, 1.54) is 19.9 Å². The summed E-state index contributed by atoms with van der Waals surface area (Å²) in [5, 5.41) is 7.02. The van der Waals surface area contributed by atoms with Crippen LogP contribution in [0, 0.1) is 20.8 Å². The van der Waals surface area contributed by atoms with Crippen molar-refractivity contribution in [1.29, 1.82) is 0 Å². The molecule has 2 aromatic heterocycles. The smallest absolute Gasteiger partial charge is 0.363 e. The molecule has 1 amide bonds. The number of pyridine rings is 1. The van der Waals surface area contributed by atoms with Crippen LogP contribution in [0.4, 0.5) is 24.8 Å². The monoisotopic (exact) mass is 486 g/mol. The molecule has 1 aromatic carbocycles. The van der Waals surface area contributed by atoms with Crippen molar-refractivity contribution in [3.05, 3.63) is 52.5 Å². The number of amides is 1. The SMILES string of the molecule is CC(=O)N[C@H]1CCN(c2cc3c(N[C@H](C)c4cccc(C(F)(F)F)c4C)nc(C)nc3c(C)n2)C1. The number of rotatable bonds is 5. The lowest BCUT2D eigenvalue weighted by Gasteiger charge is -2.22. The quantitative estimate of drug-likeness (QED) is 0.536. The number of fused-ring (bicyclic) bond motifs is 1. The predicted molar refractivity (Wildman–Crippen MR) is 129 cm³/mol. The van der Waals surface area contributed by atoms with E-state index in [0.717, 1.165) is 35.9 Å². The minimum atomic E-state index is -4.42. The van der Waals surface area contributed by atoms with Gasteiger partial charge in [-0.25, -0.2) is 15.0 Å². The Labute approximate surface area is 202 Å². The van der Waals surface area contributed by atoms with E-state index >= 15 is 0 Å². The second-order valence-electron chi connectivity index (χ2n) is 9.10. The number of anilines is 2. The average molecular weight is 487 g/mol. The lowest BCUT2D eigenvalue weighted by atomic mass is 9.97. The first-order valence-corrected chi connectivity index (χ1v) is 11.6. The summed E-state index contributed by atoms with van der Waals surface area (Å²) in [5.74, 6) is 1.77. The molecule has 4 rings (SSSR count). The number of aromatic nitrogens is 3. The van der Waals surface area contributed by atoms with Gasteiger partial charge in [-0.1, -0.05) is 12.1 Å². The normalized spacial score (nSPS) is 17.0. The zero-order valence-electron chi connectivity index (χ0n) is 20.4. The lowest BCUT2D eigenvalue weighted by Crippen LogP contribution is -2.35. The third-order valence-electron chi connectivity index (χ3n) is 6.38. The number of carbonyl (C=O) groups is 1. The number of nitrogens with zero attached hydrogens (tertiary/aromatic N) is 4. The Kier molecular flexibility index (Phi) is 6.57. The summed E-state index contributed by atoms with van der Waals surface area (Å²) in [6, 6.07) is 5.76. The van der Waals surface area contributed by atoms with E-state index < -0.39 is 17.8 Å². The largest absolute Gasteiger partial charge is 0.416 e. The topological polar surface area (TPSA) is 83.0 Å². The van der Waals surface area contributed by atoms with Crippen LogP contribution in [-0.2, 0) is 11.0 Å². The van der Waals surface area contributed by atoms with Crippen LogP contribution in [-0.4, -0.2) is 40.0 Å². The van der Waals surface area contributed by atoms with E-state index in [2.05, 4.69) is 25.5 Å². The highest BCUT2D eigenvalue weighted by Crippen LogP contribution is 2.36. The average Bonchev–Trinajstić information content (AvgIpc) is 3.21. The van der Waals surface area contributed by atoms with Gasteiger partial charge in [0.15, 0.2) is 0 Å². The molecule has 1 aliphatic rings. The number of nitrogens with one attached hydrogen (secondary N) is 2. The van der Waals surface area contributed by atoms with E-state index in [4.69, 9.17) is 4.98 Å². The zero-order valence-corrected chi connectivity index (χ0v) is 20.4. The molecule has 3 aromatic rings. The van der Waals surface area contributed by atoms with Gasteiger partial charge in [0.1, 0.15) is 17.5 Å². The van der Waals surface area contributed by atoms with E-state index in [0.29, 0.717) is 29.3 Å². The number of alkyl halides is 3. The van der Waals surface area contributed by atoms with Gasteiger partial charge >= 0.3 is 6.18 Å². The Balaban J connectivity index is 1.70. The van der Waals surface area contributed by atoms with Gasteiger partial charge in [0, 0.05) is 31.4 Å². The number of aryl methyl sites for hydroxylation is 2. The summed E-state index contributed by atoms with van der Waals surface area (Å²) in [5.41, 5.74) is 1.52. The Hall–Kier alpha value is -3.43. The number of hydrogen-bond donors (Lipinski definition) is 2. The van der Waals surface area contributed by atoms with Crippen LogP contribution < -0.4 is 15.5 Å². The van der Waals surface area contributed by atoms with Crippen molar-refractivity contribution in [1.82, 2.24) is 20.3 Å². The van der Waals surface area contributed by atoms with Crippen LogP contribution >= 0.6 is 0 Å². The third kappa shape index (κ3) is 5.16. The summed E-state index contributed by atoms with van der Waals surface area (Å²) in [6.45, 7) is 9.86. The predicted octanol–water partition coefficient (Wildman–Crippen LogP) is 4.86. The molecule has 0 unspecified atom stereocenters. The molecule has 1 aliphatic heterocycles. The fourth-order valence-electron chi connectivity index (χ4n) is 4.74. The summed E-state index contributed by atoms with van der Waals surface area (Å²) in [6.07, 6.45) is -3.60. The van der Waals surface area contributed by atoms with E-state index in [1.807, 2.05) is 19.9 Å². The molecule has 0 spiro atoms. The maximum atomic E-state index is 13.4. The van der Waals surface area contributed by atoms with Crippen LogP contribution in [0.15, 0.2) is 24.3 Å². The highest BCUT2D eigenvalue weighted by molar-refractivity contribution is 5.92. The van der Waals surface area contributed by atoms with Gasteiger partial charge in [-0.15, -0.1) is 0 Å². The summed E-state index contributed by atoms with van der Waals surface area (Å²) in [4.78, 5) is 27.4. The Morgan fingerprint density at radius 1 is 1.17 bits per heavy atom. The maximum absolute atomic E-state index is 13.4. The first kappa shape index (κ1) is 24.7. The molecule has 0 radical (unpaired) electrons. The molecule has 10 heteroatoms. The molecular weight excluding hydrogens is 457 g/mol. The molecule has 0 aliphatic carbocycles. The standard InChI is InChI=1S/C25H29F3N6O/c1-13-19(7-6-8-21(13)25(26,27)28)14(2)30-24-20-11-22(29-15(3)23(20)31-16(4)32-24)34-10-9-18(12-34)33-17(5)35/h6-8,11,14,18H,9-10,12H2,1-5H3,(H,33,35)(H,30,31,32)/t14-,18+/m1/s1. The molecule has 1 saturated heterocycles. The molecule has 2 N–H and O–H groups in total. The van der Waals surface area contributed by atoms with Gasteiger partial charge in [0.05, 0.1) is 22.8 Å². The first-order chi connectivity index (χ1) is 16.4. The minimum Gasteiger partial charge on any atom is -0.363 e. The Morgan fingerprint density at radius 3 is 2.60 bits per heavy atom. The van der Waals surface area contributed by atoms with Crippen molar-refractivity contribution in [3.63, 3.8) is 0 Å². The summed E-state index contributed by atoms with van der Waals surface area (Å²) < 4.78 is 40.3. The van der Waals surface area contributed by atoms with Crippen LogP contribution in [0.5, 0.6) is 0 Å². The van der Waals surface area contributed by atoms with Crippen molar-refractivity contribution < 1.29 is 18.0 Å². The lowest BCUT2D eigenvalue weighted by molar-refractivity contribution is -0.138. The van der Waals surface area contributed by atoms with Crippen molar-refractivity contribution in [3.8, 4) is 0 Å². The first-order valence-electron chi connectivity index (χ1n) is 11.6. The molecular formula is C25H29F3N6O. The molecule has 0 bridgehead atoms. The van der Waals surface area contributed by atoms with Crippen molar-refractivity contribution in [2.45, 2.75) is 59.3 Å². The van der Waals surface area contributed by atoms with Gasteiger partial charge in [-0.3, -0.25) is 4.79 Å². The molecule has 2 atom stereocenters. The minimum absolute atomic E-state index is 0.0565. The number of carbonyl (C=O) groups excluding carboxylic acids is 1. The van der Waals surface area contributed by atoms with E-state index in [9.17, 15) is 18.0 Å². The van der Waals surface area contributed by atoms with Crippen LogP contribution in [0.1, 0.15) is 54.5 Å². The number of benzene rings is 1. The van der Waals surface area contributed by atoms with E-state index in [1.54, 1.807) is 13.0 Å². The fourth-order valence-corrected chi connectivity index (χ4v) is 4.74. The van der Waals surface area contributed by atoms with Crippen molar-refractivity contribution >= 4 is 28.4 Å². The fraction of sp³-hybridized carbons (Fsp3) is 0.440. The molecule has 7 nitrogen and oxygen atoms in total. The van der Waals surface area contributed by atoms with Gasteiger partial charge in [-0.2, -0.15) is 13.2 Å². The highest BCUT2D eigenvalue weighted by Gasteiger charge is 2.33.